The van der Waals surface area contributed by atoms with Crippen LogP contribution in [0.2, 0.25) is 0 Å². The predicted molar refractivity (Wildman–Crippen MR) is 97.3 cm³/mol. The van der Waals surface area contributed by atoms with Crippen LogP contribution in [0.25, 0.3) is 0 Å². The van der Waals surface area contributed by atoms with E-state index in [2.05, 4.69) is 20.6 Å². The summed E-state index contributed by atoms with van der Waals surface area (Å²) >= 11 is 3.24. The molecule has 128 valence electrons. The quantitative estimate of drug-likeness (QED) is 0.819. The van der Waals surface area contributed by atoms with Crippen molar-refractivity contribution in [2.24, 2.45) is 0 Å². The second-order valence-electron chi connectivity index (χ2n) is 6.52. The van der Waals surface area contributed by atoms with Crippen LogP contribution in [-0.4, -0.2) is 41.9 Å². The molecule has 5 nitrogen and oxygen atoms in total. The minimum Gasteiger partial charge on any atom is -0.317 e. The maximum absolute atomic E-state index is 12.7. The third-order valence-electron chi connectivity index (χ3n) is 4.89. The molecule has 4 rings (SSSR count). The molecular formula is C17H22N4OS2. The minimum absolute atomic E-state index is 0.0251. The molecule has 0 atom stereocenters. The summed E-state index contributed by atoms with van der Waals surface area (Å²) in [7, 11) is 0. The van der Waals surface area contributed by atoms with E-state index in [1.807, 2.05) is 10.8 Å². The van der Waals surface area contributed by atoms with Gasteiger partial charge in [0, 0.05) is 22.6 Å². The van der Waals surface area contributed by atoms with E-state index >= 15 is 0 Å². The SMILES string of the molecule is O=C(c1csc(C2CCNCC2)n1)c1csc(C2CCNCC2)n1. The topological polar surface area (TPSA) is 66.9 Å². The molecular weight excluding hydrogens is 340 g/mol. The molecule has 0 amide bonds. The third kappa shape index (κ3) is 3.44. The van der Waals surface area contributed by atoms with Crippen LogP contribution in [0.1, 0.15) is 63.7 Å². The zero-order chi connectivity index (χ0) is 16.4. The van der Waals surface area contributed by atoms with Crippen molar-refractivity contribution in [3.8, 4) is 0 Å². The Balaban J connectivity index is 1.47. The largest absolute Gasteiger partial charge is 0.317 e. The maximum atomic E-state index is 12.7. The fourth-order valence-corrected chi connectivity index (χ4v) is 5.37. The molecule has 2 fully saturated rings. The van der Waals surface area contributed by atoms with Gasteiger partial charge in [-0.15, -0.1) is 22.7 Å². The summed E-state index contributed by atoms with van der Waals surface area (Å²) in [6, 6.07) is 0. The highest BCUT2D eigenvalue weighted by atomic mass is 32.1. The van der Waals surface area contributed by atoms with Crippen LogP contribution >= 0.6 is 22.7 Å². The predicted octanol–water partition coefficient (Wildman–Crippen LogP) is 2.76. The van der Waals surface area contributed by atoms with Gasteiger partial charge in [0.1, 0.15) is 11.4 Å². The van der Waals surface area contributed by atoms with Crippen molar-refractivity contribution in [3.63, 3.8) is 0 Å². The van der Waals surface area contributed by atoms with Gasteiger partial charge in [-0.05, 0) is 51.9 Å². The highest BCUT2D eigenvalue weighted by Gasteiger charge is 2.24. The lowest BCUT2D eigenvalue weighted by Crippen LogP contribution is -2.26. The van der Waals surface area contributed by atoms with Crippen molar-refractivity contribution in [2.45, 2.75) is 37.5 Å². The Hall–Kier alpha value is -1.15. The minimum atomic E-state index is -0.0251. The van der Waals surface area contributed by atoms with E-state index in [-0.39, 0.29) is 5.78 Å². The second-order valence-corrected chi connectivity index (χ2v) is 8.30. The maximum Gasteiger partial charge on any atom is 0.231 e. The number of aromatic nitrogens is 2. The average molecular weight is 363 g/mol. The fourth-order valence-electron chi connectivity index (χ4n) is 3.43. The van der Waals surface area contributed by atoms with E-state index in [1.54, 1.807) is 22.7 Å². The van der Waals surface area contributed by atoms with Crippen LogP contribution in [0.4, 0.5) is 0 Å². The molecule has 2 aromatic heterocycles. The van der Waals surface area contributed by atoms with E-state index in [0.717, 1.165) is 61.9 Å². The number of nitrogens with zero attached hydrogens (tertiary/aromatic N) is 2. The molecule has 0 aromatic carbocycles. The van der Waals surface area contributed by atoms with Crippen LogP contribution in [0, 0.1) is 0 Å². The summed E-state index contributed by atoms with van der Waals surface area (Å²) < 4.78 is 0. The number of hydrogen-bond donors (Lipinski definition) is 2. The Morgan fingerprint density at radius 1 is 0.833 bits per heavy atom. The van der Waals surface area contributed by atoms with Crippen molar-refractivity contribution in [1.29, 1.82) is 0 Å². The second kappa shape index (κ2) is 7.39. The molecule has 2 saturated heterocycles. The van der Waals surface area contributed by atoms with Crippen molar-refractivity contribution in [1.82, 2.24) is 20.6 Å². The Kier molecular flexibility index (Phi) is 5.03. The van der Waals surface area contributed by atoms with E-state index in [0.29, 0.717) is 23.2 Å². The number of ketones is 1. The monoisotopic (exact) mass is 362 g/mol. The van der Waals surface area contributed by atoms with Crippen molar-refractivity contribution < 1.29 is 4.79 Å². The summed E-state index contributed by atoms with van der Waals surface area (Å²) in [6.45, 7) is 4.16. The van der Waals surface area contributed by atoms with Gasteiger partial charge in [0.25, 0.3) is 0 Å². The molecule has 0 unspecified atom stereocenters. The van der Waals surface area contributed by atoms with Crippen LogP contribution in [0.3, 0.4) is 0 Å². The number of carbonyl (C=O) groups excluding carboxylic acids is 1. The number of rotatable bonds is 4. The third-order valence-corrected chi connectivity index (χ3v) is 6.90. The molecule has 0 aliphatic carbocycles. The normalized spacial score (nSPS) is 20.3. The molecule has 4 heterocycles. The molecule has 0 spiro atoms. The first-order chi connectivity index (χ1) is 11.8. The van der Waals surface area contributed by atoms with Gasteiger partial charge in [-0.1, -0.05) is 0 Å². The molecule has 0 radical (unpaired) electrons. The highest BCUT2D eigenvalue weighted by Crippen LogP contribution is 2.30. The first-order valence-corrected chi connectivity index (χ1v) is 10.4. The van der Waals surface area contributed by atoms with Crippen LogP contribution in [0.15, 0.2) is 10.8 Å². The van der Waals surface area contributed by atoms with Gasteiger partial charge in [0.05, 0.1) is 10.0 Å². The molecule has 2 aliphatic rings. The first-order valence-electron chi connectivity index (χ1n) is 8.68. The summed E-state index contributed by atoms with van der Waals surface area (Å²) in [5.74, 6) is 0.972. The van der Waals surface area contributed by atoms with Crippen LogP contribution in [0.5, 0.6) is 0 Å². The lowest BCUT2D eigenvalue weighted by molar-refractivity contribution is 0.103. The average Bonchev–Trinajstić information content (AvgIpc) is 3.33. The summed E-state index contributed by atoms with van der Waals surface area (Å²) in [5.41, 5.74) is 1.13. The molecule has 2 N–H and O–H groups in total. The van der Waals surface area contributed by atoms with Gasteiger partial charge in [-0.2, -0.15) is 0 Å². The van der Waals surface area contributed by atoms with Crippen molar-refractivity contribution in [2.75, 3.05) is 26.2 Å². The summed E-state index contributed by atoms with van der Waals surface area (Å²) in [4.78, 5) is 22.0. The van der Waals surface area contributed by atoms with Gasteiger partial charge in [0.2, 0.25) is 5.78 Å². The van der Waals surface area contributed by atoms with E-state index in [9.17, 15) is 4.79 Å². The lowest BCUT2D eigenvalue weighted by Gasteiger charge is -2.20. The van der Waals surface area contributed by atoms with E-state index < -0.39 is 0 Å². The molecule has 2 aromatic rings. The zero-order valence-corrected chi connectivity index (χ0v) is 15.2. The fraction of sp³-hybridized carbons (Fsp3) is 0.588. The molecule has 2 aliphatic heterocycles. The van der Waals surface area contributed by atoms with Crippen LogP contribution in [-0.2, 0) is 0 Å². The van der Waals surface area contributed by atoms with Gasteiger partial charge >= 0.3 is 0 Å². The van der Waals surface area contributed by atoms with Gasteiger partial charge in [0.15, 0.2) is 0 Å². The number of piperidine rings is 2. The van der Waals surface area contributed by atoms with E-state index in [4.69, 9.17) is 0 Å². The number of thiazole rings is 2. The van der Waals surface area contributed by atoms with Gasteiger partial charge < -0.3 is 10.6 Å². The van der Waals surface area contributed by atoms with Crippen molar-refractivity contribution in [3.05, 3.63) is 32.2 Å². The molecule has 24 heavy (non-hydrogen) atoms. The van der Waals surface area contributed by atoms with Crippen molar-refractivity contribution >= 4 is 28.5 Å². The number of carbonyl (C=O) groups is 1. The molecule has 0 saturated carbocycles. The summed E-state index contributed by atoms with van der Waals surface area (Å²) in [6.07, 6.45) is 4.44. The Bertz CT molecular complexity index is 641. The summed E-state index contributed by atoms with van der Waals surface area (Å²) in [5, 5.41) is 12.8. The van der Waals surface area contributed by atoms with E-state index in [1.165, 1.54) is 0 Å². The highest BCUT2D eigenvalue weighted by molar-refractivity contribution is 7.10. The Labute approximate surface area is 149 Å². The number of nitrogens with one attached hydrogen (secondary N) is 2. The Morgan fingerprint density at radius 2 is 1.25 bits per heavy atom. The molecule has 0 bridgehead atoms. The molecule has 7 heteroatoms. The van der Waals surface area contributed by atoms with Gasteiger partial charge in [-0.25, -0.2) is 9.97 Å². The smallest absolute Gasteiger partial charge is 0.231 e. The lowest BCUT2D eigenvalue weighted by atomic mass is 9.99. The first kappa shape index (κ1) is 16.3. The van der Waals surface area contributed by atoms with Crippen LogP contribution < -0.4 is 10.6 Å². The number of hydrogen-bond acceptors (Lipinski definition) is 7. The zero-order valence-electron chi connectivity index (χ0n) is 13.6. The Morgan fingerprint density at radius 3 is 1.67 bits per heavy atom. The standard InChI is InChI=1S/C17H22N4OS2/c22-15(13-9-23-16(20-13)11-1-5-18-6-2-11)14-10-24-17(21-14)12-3-7-19-8-4-12/h9-12,18-19H,1-8H2. The van der Waals surface area contributed by atoms with Gasteiger partial charge in [-0.3, -0.25) is 4.79 Å².